The molecular formula is C19H29IN4OS. The normalized spacial score (nSPS) is 12.2. The van der Waals surface area contributed by atoms with Crippen LogP contribution in [0.1, 0.15) is 34.7 Å². The molecule has 1 unspecified atom stereocenters. The van der Waals surface area contributed by atoms with Crippen molar-refractivity contribution in [1.29, 1.82) is 0 Å². The summed E-state index contributed by atoms with van der Waals surface area (Å²) in [6.07, 6.45) is 3.88. The second-order valence-corrected chi connectivity index (χ2v) is 7.32. The summed E-state index contributed by atoms with van der Waals surface area (Å²) in [6.45, 7) is 6.04. The molecular weight excluding hydrogens is 459 g/mol. The highest BCUT2D eigenvalue weighted by Crippen LogP contribution is 2.21. The molecule has 0 amide bonds. The number of hydrogen-bond acceptors (Lipinski definition) is 4. The number of guanidine groups is 1. The number of aliphatic imine (C=N–C) groups is 1. The van der Waals surface area contributed by atoms with Gasteiger partial charge in [0.15, 0.2) is 5.96 Å². The molecule has 0 radical (unpaired) electrons. The first kappa shape index (κ1) is 22.7. The van der Waals surface area contributed by atoms with Gasteiger partial charge in [-0.1, -0.05) is 19.1 Å². The van der Waals surface area contributed by atoms with Crippen LogP contribution >= 0.6 is 35.3 Å². The lowest BCUT2D eigenvalue weighted by molar-refractivity contribution is 0.414. The first-order chi connectivity index (χ1) is 12.1. The SMILES string of the molecule is CN=C(NCCc1ncc(C)s1)NCCC(C)c1ccc(OC)cc1.I. The molecule has 0 spiro atoms. The van der Waals surface area contributed by atoms with Gasteiger partial charge in [-0.2, -0.15) is 0 Å². The molecule has 1 atom stereocenters. The minimum absolute atomic E-state index is 0. The topological polar surface area (TPSA) is 58.5 Å². The van der Waals surface area contributed by atoms with E-state index in [9.17, 15) is 0 Å². The molecule has 2 N–H and O–H groups in total. The van der Waals surface area contributed by atoms with Gasteiger partial charge < -0.3 is 15.4 Å². The molecule has 0 aliphatic heterocycles. The van der Waals surface area contributed by atoms with Crippen LogP contribution in [0.2, 0.25) is 0 Å². The average molecular weight is 488 g/mol. The first-order valence-electron chi connectivity index (χ1n) is 8.62. The molecule has 1 aromatic heterocycles. The molecule has 0 aliphatic rings. The van der Waals surface area contributed by atoms with Crippen LogP contribution in [-0.2, 0) is 6.42 Å². The van der Waals surface area contributed by atoms with E-state index < -0.39 is 0 Å². The van der Waals surface area contributed by atoms with Crippen molar-refractivity contribution in [2.75, 3.05) is 27.2 Å². The summed E-state index contributed by atoms with van der Waals surface area (Å²) < 4.78 is 5.21. The molecule has 26 heavy (non-hydrogen) atoms. The van der Waals surface area contributed by atoms with Crippen molar-refractivity contribution in [2.24, 2.45) is 4.99 Å². The molecule has 2 rings (SSSR count). The summed E-state index contributed by atoms with van der Waals surface area (Å²) in [5.74, 6) is 2.22. The number of aryl methyl sites for hydroxylation is 1. The summed E-state index contributed by atoms with van der Waals surface area (Å²) >= 11 is 1.75. The Balaban J connectivity index is 0.00000338. The number of halogens is 1. The first-order valence-corrected chi connectivity index (χ1v) is 9.43. The smallest absolute Gasteiger partial charge is 0.190 e. The largest absolute Gasteiger partial charge is 0.497 e. The Bertz CT molecular complexity index is 672. The molecule has 5 nitrogen and oxygen atoms in total. The van der Waals surface area contributed by atoms with E-state index >= 15 is 0 Å². The number of thiazole rings is 1. The fourth-order valence-corrected chi connectivity index (χ4v) is 3.32. The molecule has 144 valence electrons. The van der Waals surface area contributed by atoms with Gasteiger partial charge in [0.1, 0.15) is 5.75 Å². The molecule has 0 saturated heterocycles. The summed E-state index contributed by atoms with van der Waals surface area (Å²) in [6, 6.07) is 8.29. The van der Waals surface area contributed by atoms with Crippen molar-refractivity contribution in [3.8, 4) is 5.75 Å². The van der Waals surface area contributed by atoms with E-state index in [1.54, 1.807) is 25.5 Å². The molecule has 2 aromatic rings. The van der Waals surface area contributed by atoms with Crippen molar-refractivity contribution in [1.82, 2.24) is 15.6 Å². The molecule has 0 fully saturated rings. The quantitative estimate of drug-likeness (QED) is 0.335. The fraction of sp³-hybridized carbons (Fsp3) is 0.474. The number of nitrogens with one attached hydrogen (secondary N) is 2. The van der Waals surface area contributed by atoms with Crippen molar-refractivity contribution in [3.63, 3.8) is 0 Å². The molecule has 7 heteroatoms. The molecule has 0 bridgehead atoms. The lowest BCUT2D eigenvalue weighted by Gasteiger charge is -2.15. The van der Waals surface area contributed by atoms with Gasteiger partial charge >= 0.3 is 0 Å². The van der Waals surface area contributed by atoms with E-state index in [4.69, 9.17) is 4.74 Å². The molecule has 1 aromatic carbocycles. The predicted molar refractivity (Wildman–Crippen MR) is 121 cm³/mol. The van der Waals surface area contributed by atoms with E-state index in [1.807, 2.05) is 18.3 Å². The molecule has 1 heterocycles. The van der Waals surface area contributed by atoms with Crippen LogP contribution in [0.25, 0.3) is 0 Å². The summed E-state index contributed by atoms with van der Waals surface area (Å²) in [7, 11) is 3.49. The molecule has 0 saturated carbocycles. The van der Waals surface area contributed by atoms with Crippen molar-refractivity contribution >= 4 is 41.3 Å². The Hall–Kier alpha value is -1.35. The number of hydrogen-bond donors (Lipinski definition) is 2. The lowest BCUT2D eigenvalue weighted by Crippen LogP contribution is -2.39. The van der Waals surface area contributed by atoms with Crippen LogP contribution in [0.3, 0.4) is 0 Å². The Morgan fingerprint density at radius 1 is 1.23 bits per heavy atom. The van der Waals surface area contributed by atoms with Gasteiger partial charge in [0.05, 0.1) is 12.1 Å². The van der Waals surface area contributed by atoms with Crippen LogP contribution in [0.15, 0.2) is 35.5 Å². The third-order valence-electron chi connectivity index (χ3n) is 4.08. The third-order valence-corrected chi connectivity index (χ3v) is 5.05. The second kappa shape index (κ2) is 12.1. The minimum atomic E-state index is 0. The predicted octanol–water partition coefficient (Wildman–Crippen LogP) is 3.98. The number of rotatable bonds is 8. The van der Waals surface area contributed by atoms with E-state index in [1.165, 1.54) is 10.4 Å². The monoisotopic (exact) mass is 488 g/mol. The van der Waals surface area contributed by atoms with E-state index in [2.05, 4.69) is 46.6 Å². The zero-order valence-electron chi connectivity index (χ0n) is 15.9. The summed E-state index contributed by atoms with van der Waals surface area (Å²) in [5.41, 5.74) is 1.32. The maximum Gasteiger partial charge on any atom is 0.190 e. The maximum absolute atomic E-state index is 5.21. The van der Waals surface area contributed by atoms with Crippen LogP contribution in [0.5, 0.6) is 5.75 Å². The summed E-state index contributed by atoms with van der Waals surface area (Å²) in [5, 5.41) is 7.89. The van der Waals surface area contributed by atoms with Crippen LogP contribution in [0.4, 0.5) is 0 Å². The highest BCUT2D eigenvalue weighted by Gasteiger charge is 2.06. The van der Waals surface area contributed by atoms with Crippen LogP contribution < -0.4 is 15.4 Å². The Kier molecular flexibility index (Phi) is 10.6. The van der Waals surface area contributed by atoms with Gasteiger partial charge in [-0.05, 0) is 37.0 Å². The van der Waals surface area contributed by atoms with Gasteiger partial charge in [-0.3, -0.25) is 4.99 Å². The Labute approximate surface area is 177 Å². The van der Waals surface area contributed by atoms with Crippen LogP contribution in [-0.4, -0.2) is 38.2 Å². The number of nitrogens with zero attached hydrogens (tertiary/aromatic N) is 2. The maximum atomic E-state index is 5.21. The zero-order valence-corrected chi connectivity index (χ0v) is 19.1. The van der Waals surface area contributed by atoms with E-state index in [0.717, 1.165) is 42.6 Å². The second-order valence-electron chi connectivity index (χ2n) is 6.00. The van der Waals surface area contributed by atoms with E-state index in [0.29, 0.717) is 5.92 Å². The van der Waals surface area contributed by atoms with Gasteiger partial charge in [0, 0.05) is 37.6 Å². The Morgan fingerprint density at radius 3 is 2.50 bits per heavy atom. The summed E-state index contributed by atoms with van der Waals surface area (Å²) in [4.78, 5) is 9.91. The highest BCUT2D eigenvalue weighted by molar-refractivity contribution is 14.0. The average Bonchev–Trinajstić information content (AvgIpc) is 3.05. The van der Waals surface area contributed by atoms with E-state index in [-0.39, 0.29) is 24.0 Å². The number of ether oxygens (including phenoxy) is 1. The van der Waals surface area contributed by atoms with Crippen molar-refractivity contribution in [2.45, 2.75) is 32.6 Å². The zero-order chi connectivity index (χ0) is 18.1. The van der Waals surface area contributed by atoms with Crippen molar-refractivity contribution < 1.29 is 4.74 Å². The fourth-order valence-electron chi connectivity index (χ4n) is 2.53. The number of aromatic nitrogens is 1. The van der Waals surface area contributed by atoms with Gasteiger partial charge in [-0.15, -0.1) is 35.3 Å². The molecule has 0 aliphatic carbocycles. The highest BCUT2D eigenvalue weighted by atomic mass is 127. The number of benzene rings is 1. The Morgan fingerprint density at radius 2 is 1.92 bits per heavy atom. The standard InChI is InChI=1S/C19H28N4OS.HI/c1-14(16-5-7-17(24-4)8-6-16)9-11-21-19(20-3)22-12-10-18-23-13-15(2)25-18;/h5-8,13-14H,9-12H2,1-4H3,(H2,20,21,22);1H. The van der Waals surface area contributed by atoms with Gasteiger partial charge in [0.25, 0.3) is 0 Å². The van der Waals surface area contributed by atoms with Crippen molar-refractivity contribution in [3.05, 3.63) is 45.9 Å². The number of methoxy groups -OCH3 is 1. The third kappa shape index (κ3) is 7.49. The minimum Gasteiger partial charge on any atom is -0.497 e. The van der Waals surface area contributed by atoms with Gasteiger partial charge in [-0.25, -0.2) is 4.98 Å². The van der Waals surface area contributed by atoms with Crippen LogP contribution in [0, 0.1) is 6.92 Å². The van der Waals surface area contributed by atoms with Gasteiger partial charge in [0.2, 0.25) is 0 Å². The lowest BCUT2D eigenvalue weighted by atomic mass is 9.98.